The van der Waals surface area contributed by atoms with Crippen LogP contribution in [0, 0.1) is 5.82 Å². The van der Waals surface area contributed by atoms with Crippen LogP contribution in [0.1, 0.15) is 34.2 Å². The summed E-state index contributed by atoms with van der Waals surface area (Å²) in [6.07, 6.45) is 2.11. The molecule has 4 nitrogen and oxygen atoms in total. The molecule has 20 heavy (non-hydrogen) atoms. The summed E-state index contributed by atoms with van der Waals surface area (Å²) in [5.74, 6) is -0.00416. The zero-order valence-corrected chi connectivity index (χ0v) is 11.3. The van der Waals surface area contributed by atoms with Crippen molar-refractivity contribution in [2.24, 2.45) is 5.73 Å². The third-order valence-corrected chi connectivity index (χ3v) is 3.10. The molecule has 0 aliphatic heterocycles. The molecule has 0 radical (unpaired) electrons. The van der Waals surface area contributed by atoms with Gasteiger partial charge in [0.1, 0.15) is 11.6 Å². The fraction of sp³-hybridized carbons (Fsp3) is 0.267. The van der Waals surface area contributed by atoms with E-state index in [-0.39, 0.29) is 18.3 Å². The van der Waals surface area contributed by atoms with Crippen molar-refractivity contribution in [2.75, 3.05) is 0 Å². The SMILES string of the molecule is CCc1occc1C(=O)NCc1ccc(CN)cc1F. The average molecular weight is 276 g/mol. The highest BCUT2D eigenvalue weighted by atomic mass is 19.1. The number of hydrogen-bond acceptors (Lipinski definition) is 3. The number of furan rings is 1. The van der Waals surface area contributed by atoms with E-state index in [1.165, 1.54) is 12.3 Å². The highest BCUT2D eigenvalue weighted by Gasteiger charge is 2.13. The van der Waals surface area contributed by atoms with E-state index in [9.17, 15) is 9.18 Å². The molecule has 5 heteroatoms. The molecule has 0 saturated carbocycles. The second kappa shape index (κ2) is 6.34. The van der Waals surface area contributed by atoms with Gasteiger partial charge in [0.05, 0.1) is 11.8 Å². The van der Waals surface area contributed by atoms with E-state index in [2.05, 4.69) is 5.32 Å². The van der Waals surface area contributed by atoms with Gasteiger partial charge in [-0.25, -0.2) is 4.39 Å². The summed E-state index contributed by atoms with van der Waals surface area (Å²) in [5, 5.41) is 2.68. The van der Waals surface area contributed by atoms with Gasteiger partial charge in [-0.1, -0.05) is 19.1 Å². The van der Waals surface area contributed by atoms with Gasteiger partial charge in [-0.2, -0.15) is 0 Å². The molecular weight excluding hydrogens is 259 g/mol. The second-order valence-corrected chi connectivity index (χ2v) is 4.42. The van der Waals surface area contributed by atoms with E-state index >= 15 is 0 Å². The van der Waals surface area contributed by atoms with E-state index in [1.807, 2.05) is 6.92 Å². The Kier molecular flexibility index (Phi) is 4.53. The number of rotatable bonds is 5. The van der Waals surface area contributed by atoms with Gasteiger partial charge >= 0.3 is 0 Å². The number of carbonyl (C=O) groups is 1. The Morgan fingerprint density at radius 1 is 1.40 bits per heavy atom. The molecule has 0 spiro atoms. The molecule has 0 aliphatic rings. The summed E-state index contributed by atoms with van der Waals surface area (Å²) in [6.45, 7) is 2.32. The van der Waals surface area contributed by atoms with E-state index in [0.717, 1.165) is 5.56 Å². The number of carbonyl (C=O) groups excluding carboxylic acids is 1. The van der Waals surface area contributed by atoms with Gasteiger partial charge in [-0.05, 0) is 17.7 Å². The molecule has 0 bridgehead atoms. The van der Waals surface area contributed by atoms with Crippen LogP contribution in [0.15, 0.2) is 34.9 Å². The number of aryl methyl sites for hydroxylation is 1. The van der Waals surface area contributed by atoms with Crippen LogP contribution in [-0.4, -0.2) is 5.91 Å². The van der Waals surface area contributed by atoms with E-state index in [0.29, 0.717) is 29.9 Å². The number of nitrogens with one attached hydrogen (secondary N) is 1. The zero-order valence-electron chi connectivity index (χ0n) is 11.3. The minimum absolute atomic E-state index is 0.129. The molecule has 1 amide bonds. The first-order valence-corrected chi connectivity index (χ1v) is 6.47. The summed E-state index contributed by atoms with van der Waals surface area (Å²) >= 11 is 0. The predicted molar refractivity (Wildman–Crippen MR) is 73.5 cm³/mol. The minimum Gasteiger partial charge on any atom is -0.469 e. The quantitative estimate of drug-likeness (QED) is 0.881. The van der Waals surface area contributed by atoms with Gasteiger partial charge in [0.25, 0.3) is 5.91 Å². The summed E-state index contributed by atoms with van der Waals surface area (Å²) in [5.41, 5.74) is 7.08. The van der Waals surface area contributed by atoms with Crippen LogP contribution in [-0.2, 0) is 19.5 Å². The summed E-state index contributed by atoms with van der Waals surface area (Å²) in [4.78, 5) is 12.0. The molecule has 0 saturated heterocycles. The first kappa shape index (κ1) is 14.3. The smallest absolute Gasteiger partial charge is 0.255 e. The topological polar surface area (TPSA) is 68.3 Å². The van der Waals surface area contributed by atoms with E-state index in [1.54, 1.807) is 18.2 Å². The van der Waals surface area contributed by atoms with Crippen LogP contribution in [0.2, 0.25) is 0 Å². The molecule has 106 valence electrons. The molecule has 0 unspecified atom stereocenters. The maximum Gasteiger partial charge on any atom is 0.255 e. The third-order valence-electron chi connectivity index (χ3n) is 3.10. The third kappa shape index (κ3) is 3.05. The molecule has 0 atom stereocenters. The fourth-order valence-electron chi connectivity index (χ4n) is 1.95. The van der Waals surface area contributed by atoms with Crippen molar-refractivity contribution >= 4 is 5.91 Å². The van der Waals surface area contributed by atoms with Gasteiger partial charge < -0.3 is 15.5 Å². The van der Waals surface area contributed by atoms with Crippen LogP contribution >= 0.6 is 0 Å². The molecule has 1 aromatic heterocycles. The maximum atomic E-state index is 13.8. The molecule has 3 N–H and O–H groups in total. The zero-order chi connectivity index (χ0) is 14.5. The lowest BCUT2D eigenvalue weighted by atomic mass is 10.1. The van der Waals surface area contributed by atoms with Gasteiger partial charge in [-0.3, -0.25) is 4.79 Å². The lowest BCUT2D eigenvalue weighted by Crippen LogP contribution is -2.23. The lowest BCUT2D eigenvalue weighted by molar-refractivity contribution is 0.0948. The number of benzene rings is 1. The van der Waals surface area contributed by atoms with Crippen LogP contribution in [0.25, 0.3) is 0 Å². The summed E-state index contributed by atoms with van der Waals surface area (Å²) < 4.78 is 18.9. The van der Waals surface area contributed by atoms with Crippen LogP contribution < -0.4 is 11.1 Å². The van der Waals surface area contributed by atoms with Crippen LogP contribution in [0.5, 0.6) is 0 Å². The summed E-state index contributed by atoms with van der Waals surface area (Å²) in [7, 11) is 0. The van der Waals surface area contributed by atoms with Gasteiger partial charge in [-0.15, -0.1) is 0 Å². The molecule has 2 rings (SSSR count). The number of amides is 1. The second-order valence-electron chi connectivity index (χ2n) is 4.42. The minimum atomic E-state index is -0.365. The van der Waals surface area contributed by atoms with Gasteiger partial charge in [0.15, 0.2) is 0 Å². The van der Waals surface area contributed by atoms with E-state index in [4.69, 9.17) is 10.2 Å². The van der Waals surface area contributed by atoms with Crippen molar-refractivity contribution in [3.63, 3.8) is 0 Å². The Hall–Kier alpha value is -2.14. The Morgan fingerprint density at radius 3 is 2.85 bits per heavy atom. The van der Waals surface area contributed by atoms with Crippen molar-refractivity contribution < 1.29 is 13.6 Å². The van der Waals surface area contributed by atoms with E-state index < -0.39 is 0 Å². The van der Waals surface area contributed by atoms with Gasteiger partial charge in [0.2, 0.25) is 0 Å². The Labute approximate surface area is 116 Å². The highest BCUT2D eigenvalue weighted by Crippen LogP contribution is 2.13. The highest BCUT2D eigenvalue weighted by molar-refractivity contribution is 5.95. The number of nitrogens with two attached hydrogens (primary N) is 1. The molecule has 1 aromatic carbocycles. The average Bonchev–Trinajstić information content (AvgIpc) is 2.94. The molecule has 0 aliphatic carbocycles. The fourth-order valence-corrected chi connectivity index (χ4v) is 1.95. The predicted octanol–water partition coefficient (Wildman–Crippen LogP) is 2.37. The van der Waals surface area contributed by atoms with Crippen LogP contribution in [0.4, 0.5) is 4.39 Å². The number of halogens is 1. The monoisotopic (exact) mass is 276 g/mol. The first-order valence-electron chi connectivity index (χ1n) is 6.47. The largest absolute Gasteiger partial charge is 0.469 e. The maximum absolute atomic E-state index is 13.8. The normalized spacial score (nSPS) is 10.6. The Bertz CT molecular complexity index is 608. The van der Waals surface area contributed by atoms with Crippen LogP contribution in [0.3, 0.4) is 0 Å². The van der Waals surface area contributed by atoms with Crippen molar-refractivity contribution in [1.29, 1.82) is 0 Å². The summed E-state index contributed by atoms with van der Waals surface area (Å²) in [6, 6.07) is 6.38. The standard InChI is InChI=1S/C15H17FN2O2/c1-2-14-12(5-6-20-14)15(19)18-9-11-4-3-10(8-17)7-13(11)16/h3-7H,2,8-9,17H2,1H3,(H,18,19). The molecular formula is C15H17FN2O2. The molecule has 1 heterocycles. The van der Waals surface area contributed by atoms with Crippen molar-refractivity contribution in [1.82, 2.24) is 5.32 Å². The van der Waals surface area contributed by atoms with Crippen molar-refractivity contribution in [2.45, 2.75) is 26.4 Å². The first-order chi connectivity index (χ1) is 9.65. The Balaban J connectivity index is 2.03. The number of hydrogen-bond donors (Lipinski definition) is 2. The molecule has 2 aromatic rings. The molecule has 0 fully saturated rings. The van der Waals surface area contributed by atoms with Crippen molar-refractivity contribution in [3.05, 3.63) is 58.8 Å². The van der Waals surface area contributed by atoms with Crippen molar-refractivity contribution in [3.8, 4) is 0 Å². The Morgan fingerprint density at radius 2 is 2.20 bits per heavy atom. The lowest BCUT2D eigenvalue weighted by Gasteiger charge is -2.07. The van der Waals surface area contributed by atoms with Gasteiger partial charge in [0, 0.05) is 25.1 Å².